The molecule has 102 valence electrons. The van der Waals surface area contributed by atoms with E-state index in [-0.39, 0.29) is 0 Å². The molecule has 3 heteroatoms. The van der Waals surface area contributed by atoms with Crippen molar-refractivity contribution >= 4 is 23.0 Å². The van der Waals surface area contributed by atoms with Crippen LogP contribution < -0.4 is 10.2 Å². The van der Waals surface area contributed by atoms with Crippen molar-refractivity contribution in [3.05, 3.63) is 78.9 Å². The zero-order valence-corrected chi connectivity index (χ0v) is 12.1. The summed E-state index contributed by atoms with van der Waals surface area (Å²) in [5.41, 5.74) is 2.28. The third kappa shape index (κ3) is 3.93. The number of benzene rings is 2. The van der Waals surface area contributed by atoms with E-state index in [0.717, 1.165) is 12.2 Å². The zero-order valence-electron chi connectivity index (χ0n) is 11.3. The van der Waals surface area contributed by atoms with Gasteiger partial charge in [-0.1, -0.05) is 54.6 Å². The molecule has 2 aromatic rings. The summed E-state index contributed by atoms with van der Waals surface area (Å²) in [4.78, 5) is 2.03. The Kier molecular flexibility index (Phi) is 5.33. The van der Waals surface area contributed by atoms with Gasteiger partial charge in [-0.25, -0.2) is 0 Å². The minimum Gasteiger partial charge on any atom is -0.358 e. The van der Waals surface area contributed by atoms with Gasteiger partial charge in [-0.3, -0.25) is 0 Å². The fourth-order valence-corrected chi connectivity index (χ4v) is 2.16. The lowest BCUT2D eigenvalue weighted by Gasteiger charge is -2.24. The molecule has 0 radical (unpaired) electrons. The van der Waals surface area contributed by atoms with E-state index >= 15 is 0 Å². The zero-order chi connectivity index (χ0) is 14.2. The van der Waals surface area contributed by atoms with E-state index in [9.17, 15) is 0 Å². The van der Waals surface area contributed by atoms with Gasteiger partial charge in [-0.15, -0.1) is 6.58 Å². The van der Waals surface area contributed by atoms with E-state index in [2.05, 4.69) is 24.0 Å². The highest BCUT2D eigenvalue weighted by Gasteiger charge is 2.09. The van der Waals surface area contributed by atoms with Gasteiger partial charge in [0.15, 0.2) is 5.11 Å². The highest BCUT2D eigenvalue weighted by atomic mass is 32.1. The molecule has 0 heterocycles. The van der Waals surface area contributed by atoms with Gasteiger partial charge in [0.25, 0.3) is 0 Å². The fourth-order valence-electron chi connectivity index (χ4n) is 1.91. The molecule has 0 atom stereocenters. The number of hydrogen-bond acceptors (Lipinski definition) is 1. The van der Waals surface area contributed by atoms with Crippen molar-refractivity contribution in [2.45, 2.75) is 6.54 Å². The molecule has 0 spiro atoms. The normalized spacial score (nSPS) is 9.80. The van der Waals surface area contributed by atoms with Crippen molar-refractivity contribution in [3.8, 4) is 0 Å². The van der Waals surface area contributed by atoms with E-state index in [1.54, 1.807) is 0 Å². The summed E-state index contributed by atoms with van der Waals surface area (Å²) in [6.45, 7) is 5.21. The molecule has 0 saturated heterocycles. The van der Waals surface area contributed by atoms with E-state index < -0.39 is 0 Å². The van der Waals surface area contributed by atoms with Gasteiger partial charge in [0.05, 0.1) is 0 Å². The van der Waals surface area contributed by atoms with Crippen LogP contribution in [0.2, 0.25) is 0 Å². The van der Waals surface area contributed by atoms with Crippen molar-refractivity contribution in [3.63, 3.8) is 0 Å². The SMILES string of the molecule is C=CCN(C(=S)NCc1ccccc1)c1ccccc1. The molecule has 0 unspecified atom stereocenters. The highest BCUT2D eigenvalue weighted by Crippen LogP contribution is 2.13. The highest BCUT2D eigenvalue weighted by molar-refractivity contribution is 7.80. The first-order valence-electron chi connectivity index (χ1n) is 6.56. The lowest BCUT2D eigenvalue weighted by Crippen LogP contribution is -2.39. The third-order valence-electron chi connectivity index (χ3n) is 2.91. The molecule has 20 heavy (non-hydrogen) atoms. The Balaban J connectivity index is 2.02. The fraction of sp³-hybridized carbons (Fsp3) is 0.118. The van der Waals surface area contributed by atoms with Crippen LogP contribution in [0.25, 0.3) is 0 Å². The second-order valence-corrected chi connectivity index (χ2v) is 4.77. The quantitative estimate of drug-likeness (QED) is 0.664. The van der Waals surface area contributed by atoms with E-state index in [0.29, 0.717) is 11.7 Å². The van der Waals surface area contributed by atoms with Crippen molar-refractivity contribution in [1.82, 2.24) is 5.32 Å². The Labute approximate surface area is 125 Å². The summed E-state index contributed by atoms with van der Waals surface area (Å²) < 4.78 is 0. The second-order valence-electron chi connectivity index (χ2n) is 4.38. The summed E-state index contributed by atoms with van der Waals surface area (Å²) in [6.07, 6.45) is 1.85. The van der Waals surface area contributed by atoms with Crippen LogP contribution in [0.4, 0.5) is 5.69 Å². The van der Waals surface area contributed by atoms with Crippen LogP contribution in [0, 0.1) is 0 Å². The van der Waals surface area contributed by atoms with Crippen LogP contribution in [-0.4, -0.2) is 11.7 Å². The molecule has 0 bridgehead atoms. The van der Waals surface area contributed by atoms with Crippen LogP contribution >= 0.6 is 12.2 Å². The van der Waals surface area contributed by atoms with Gasteiger partial charge in [0.2, 0.25) is 0 Å². The number of thiocarbonyl (C=S) groups is 1. The number of rotatable bonds is 5. The monoisotopic (exact) mass is 282 g/mol. The lowest BCUT2D eigenvalue weighted by molar-refractivity contribution is 0.899. The van der Waals surface area contributed by atoms with Crippen LogP contribution in [-0.2, 0) is 6.54 Å². The first kappa shape index (κ1) is 14.3. The van der Waals surface area contributed by atoms with Gasteiger partial charge in [-0.05, 0) is 29.9 Å². The molecule has 0 amide bonds. The number of hydrogen-bond donors (Lipinski definition) is 1. The van der Waals surface area contributed by atoms with Crippen molar-refractivity contribution < 1.29 is 0 Å². The van der Waals surface area contributed by atoms with Crippen LogP contribution in [0.3, 0.4) is 0 Å². The predicted molar refractivity (Wildman–Crippen MR) is 89.9 cm³/mol. The third-order valence-corrected chi connectivity index (χ3v) is 3.28. The number of nitrogens with one attached hydrogen (secondary N) is 1. The molecule has 0 fully saturated rings. The standard InChI is InChI=1S/C17H18N2S/c1-2-13-19(16-11-7-4-8-12-16)17(20)18-14-15-9-5-3-6-10-15/h2-12H,1,13-14H2,(H,18,20). The summed E-state index contributed by atoms with van der Waals surface area (Å²) in [7, 11) is 0. The molecule has 0 aliphatic rings. The molecule has 0 saturated carbocycles. The minimum absolute atomic E-state index is 0.685. The molecule has 2 rings (SSSR count). The molecule has 2 nitrogen and oxygen atoms in total. The van der Waals surface area contributed by atoms with Gasteiger partial charge < -0.3 is 10.2 Å². The first-order valence-corrected chi connectivity index (χ1v) is 6.97. The molecule has 0 aliphatic carbocycles. The average Bonchev–Trinajstić information content (AvgIpc) is 2.52. The van der Waals surface area contributed by atoms with Crippen molar-refractivity contribution in [2.24, 2.45) is 0 Å². The number of anilines is 1. The Morgan fingerprint density at radius 1 is 1.05 bits per heavy atom. The first-order chi connectivity index (χ1) is 9.81. The van der Waals surface area contributed by atoms with Gasteiger partial charge in [0, 0.05) is 18.8 Å². The molecular weight excluding hydrogens is 264 g/mol. The maximum Gasteiger partial charge on any atom is 0.174 e. The lowest BCUT2D eigenvalue weighted by atomic mass is 10.2. The second kappa shape index (κ2) is 7.46. The smallest absolute Gasteiger partial charge is 0.174 e. The van der Waals surface area contributed by atoms with Crippen LogP contribution in [0.1, 0.15) is 5.56 Å². The maximum absolute atomic E-state index is 5.49. The maximum atomic E-state index is 5.49. The van der Waals surface area contributed by atoms with Crippen molar-refractivity contribution in [1.29, 1.82) is 0 Å². The number of para-hydroxylation sites is 1. The Hall–Kier alpha value is -2.13. The Morgan fingerprint density at radius 3 is 2.25 bits per heavy atom. The Morgan fingerprint density at radius 2 is 1.65 bits per heavy atom. The molecule has 0 aromatic heterocycles. The summed E-state index contributed by atoms with van der Waals surface area (Å²) >= 11 is 5.49. The summed E-state index contributed by atoms with van der Waals surface area (Å²) in [6, 6.07) is 20.3. The van der Waals surface area contributed by atoms with E-state index in [4.69, 9.17) is 12.2 Å². The molecular formula is C17H18N2S. The molecule has 0 aliphatic heterocycles. The van der Waals surface area contributed by atoms with Crippen LogP contribution in [0.5, 0.6) is 0 Å². The average molecular weight is 282 g/mol. The van der Waals surface area contributed by atoms with Gasteiger partial charge >= 0.3 is 0 Å². The summed E-state index contributed by atoms with van der Waals surface area (Å²) in [5.74, 6) is 0. The molecule has 1 N–H and O–H groups in total. The van der Waals surface area contributed by atoms with E-state index in [1.165, 1.54) is 5.56 Å². The largest absolute Gasteiger partial charge is 0.358 e. The predicted octanol–water partition coefficient (Wildman–Crippen LogP) is 3.75. The van der Waals surface area contributed by atoms with Gasteiger partial charge in [0.1, 0.15) is 0 Å². The minimum atomic E-state index is 0.685. The number of nitrogens with zero attached hydrogens (tertiary/aromatic N) is 1. The van der Waals surface area contributed by atoms with Gasteiger partial charge in [-0.2, -0.15) is 0 Å². The molecule has 2 aromatic carbocycles. The Bertz CT molecular complexity index is 552. The topological polar surface area (TPSA) is 15.3 Å². The van der Waals surface area contributed by atoms with Crippen LogP contribution in [0.15, 0.2) is 73.3 Å². The summed E-state index contributed by atoms with van der Waals surface area (Å²) in [5, 5.41) is 4.00. The van der Waals surface area contributed by atoms with E-state index in [1.807, 2.05) is 59.5 Å². The van der Waals surface area contributed by atoms with Crippen molar-refractivity contribution in [2.75, 3.05) is 11.4 Å².